The fraction of sp³-hybridized carbons (Fsp3) is 0.400. The van der Waals surface area contributed by atoms with Gasteiger partial charge < -0.3 is 4.74 Å². The van der Waals surface area contributed by atoms with Gasteiger partial charge in [-0.25, -0.2) is 0 Å². The zero-order chi connectivity index (χ0) is 5.70. The first-order chi connectivity index (χ1) is 3.31. The van der Waals surface area contributed by atoms with Crippen LogP contribution in [0.15, 0.2) is 11.8 Å². The average molecular weight is 97.1 g/mol. The van der Waals surface area contributed by atoms with E-state index in [4.69, 9.17) is 5.26 Å². The van der Waals surface area contributed by atoms with Crippen LogP contribution < -0.4 is 0 Å². The lowest BCUT2D eigenvalue weighted by molar-refractivity contribution is 0.376. The number of nitriles is 1. The molecule has 0 amide bonds. The molecule has 0 fully saturated rings. The summed E-state index contributed by atoms with van der Waals surface area (Å²) in [6, 6.07) is 0. The van der Waals surface area contributed by atoms with Gasteiger partial charge in [0.1, 0.15) is 5.76 Å². The van der Waals surface area contributed by atoms with Crippen LogP contribution >= 0.6 is 0 Å². The number of allylic oxidation sites excluding steroid dienone is 2. The van der Waals surface area contributed by atoms with Crippen molar-refractivity contribution in [3.63, 3.8) is 0 Å². The molecular weight excluding hydrogens is 90.1 g/mol. The van der Waals surface area contributed by atoms with Crippen LogP contribution in [0.4, 0.5) is 0 Å². The van der Waals surface area contributed by atoms with Gasteiger partial charge in [0.15, 0.2) is 0 Å². The summed E-state index contributed by atoms with van der Waals surface area (Å²) in [7, 11) is 0. The van der Waals surface area contributed by atoms with Crippen LogP contribution in [-0.2, 0) is 4.74 Å². The molecule has 0 atom stereocenters. The van der Waals surface area contributed by atoms with E-state index >= 15 is 0 Å². The van der Waals surface area contributed by atoms with Gasteiger partial charge in [-0.2, -0.15) is 0 Å². The van der Waals surface area contributed by atoms with Crippen molar-refractivity contribution in [2.24, 2.45) is 0 Å². The van der Waals surface area contributed by atoms with Gasteiger partial charge in [-0.05, 0) is 19.9 Å². The molecule has 38 valence electrons. The number of nitrogens with zero attached hydrogens (tertiary/aromatic N) is 1. The highest BCUT2D eigenvalue weighted by atomic mass is 16.5. The number of hydrogen-bond donors (Lipinski definition) is 0. The van der Waals surface area contributed by atoms with Gasteiger partial charge in [0.05, 0.1) is 0 Å². The van der Waals surface area contributed by atoms with E-state index in [2.05, 4.69) is 4.74 Å². The molecule has 0 saturated carbocycles. The average Bonchev–Trinajstić information content (AvgIpc) is 1.68. The zero-order valence-electron chi connectivity index (χ0n) is 4.43. The van der Waals surface area contributed by atoms with Crippen molar-refractivity contribution < 1.29 is 4.74 Å². The zero-order valence-corrected chi connectivity index (χ0v) is 4.43. The maximum atomic E-state index is 7.85. The molecule has 0 N–H and O–H groups in total. The molecule has 0 unspecified atom stereocenters. The largest absolute Gasteiger partial charge is 0.393 e. The van der Waals surface area contributed by atoms with E-state index in [0.717, 1.165) is 0 Å². The molecule has 0 radical (unpaired) electrons. The van der Waals surface area contributed by atoms with E-state index in [1.165, 1.54) is 0 Å². The van der Waals surface area contributed by atoms with Gasteiger partial charge in [0.25, 0.3) is 6.26 Å². The van der Waals surface area contributed by atoms with Gasteiger partial charge in [-0.1, -0.05) is 0 Å². The third kappa shape index (κ3) is 2.84. The lowest BCUT2D eigenvalue weighted by Gasteiger charge is -1.86. The summed E-state index contributed by atoms with van der Waals surface area (Å²) in [6.45, 7) is 3.54. The summed E-state index contributed by atoms with van der Waals surface area (Å²) >= 11 is 0. The Morgan fingerprint density at radius 3 is 2.57 bits per heavy atom. The van der Waals surface area contributed by atoms with Gasteiger partial charge in [-0.15, -0.1) is 5.26 Å². The Labute approximate surface area is 43.0 Å². The van der Waals surface area contributed by atoms with Crippen LogP contribution in [0.5, 0.6) is 0 Å². The van der Waals surface area contributed by atoms with Crippen LogP contribution in [0.25, 0.3) is 0 Å². The quantitative estimate of drug-likeness (QED) is 0.366. The predicted molar refractivity (Wildman–Crippen MR) is 26.1 cm³/mol. The van der Waals surface area contributed by atoms with Crippen molar-refractivity contribution in [1.29, 1.82) is 5.26 Å². The van der Waals surface area contributed by atoms with Crippen LogP contribution in [0.3, 0.4) is 0 Å². The Hall–Kier alpha value is -0.970. The molecule has 0 aliphatic heterocycles. The normalized spacial score (nSPS) is 10.1. The molecular formula is C5H7NO. The van der Waals surface area contributed by atoms with Crippen molar-refractivity contribution in [3.05, 3.63) is 11.8 Å². The maximum absolute atomic E-state index is 7.85. The number of hydrogen-bond acceptors (Lipinski definition) is 2. The van der Waals surface area contributed by atoms with E-state index in [9.17, 15) is 0 Å². The summed E-state index contributed by atoms with van der Waals surface area (Å²) in [4.78, 5) is 0. The molecule has 0 aromatic rings. The van der Waals surface area contributed by atoms with Crippen LogP contribution in [0, 0.1) is 11.5 Å². The fourth-order valence-corrected chi connectivity index (χ4v) is 0.131. The second kappa shape index (κ2) is 3.23. The lowest BCUT2D eigenvalue weighted by Crippen LogP contribution is -1.73. The van der Waals surface area contributed by atoms with Crippen molar-refractivity contribution in [2.75, 3.05) is 0 Å². The molecule has 0 aliphatic rings. The second-order valence-corrected chi connectivity index (χ2v) is 1.09. The summed E-state index contributed by atoms with van der Waals surface area (Å²) in [5.74, 6) is 0.641. The van der Waals surface area contributed by atoms with E-state index in [1.807, 2.05) is 6.92 Å². The van der Waals surface area contributed by atoms with Gasteiger partial charge in [0, 0.05) is 0 Å². The van der Waals surface area contributed by atoms with Gasteiger partial charge >= 0.3 is 0 Å². The highest BCUT2D eigenvalue weighted by Gasteiger charge is 1.78. The molecule has 2 heteroatoms. The number of rotatable bonds is 1. The Balaban J connectivity index is 3.43. The lowest BCUT2D eigenvalue weighted by atomic mass is 10.5. The molecule has 0 aliphatic carbocycles. The summed E-state index contributed by atoms with van der Waals surface area (Å²) < 4.78 is 4.36. The molecule has 0 heterocycles. The molecule has 2 nitrogen and oxygen atoms in total. The first kappa shape index (κ1) is 6.03. The van der Waals surface area contributed by atoms with E-state index < -0.39 is 0 Å². The van der Waals surface area contributed by atoms with E-state index in [-0.39, 0.29) is 0 Å². The van der Waals surface area contributed by atoms with Gasteiger partial charge in [0.2, 0.25) is 0 Å². The molecule has 0 spiro atoms. The first-order valence-corrected chi connectivity index (χ1v) is 2.00. The topological polar surface area (TPSA) is 33.0 Å². The number of ether oxygens (including phenoxy) is 1. The Morgan fingerprint density at radius 2 is 2.43 bits per heavy atom. The van der Waals surface area contributed by atoms with E-state index in [1.54, 1.807) is 19.3 Å². The van der Waals surface area contributed by atoms with Crippen molar-refractivity contribution in [1.82, 2.24) is 0 Å². The molecule has 0 saturated heterocycles. The van der Waals surface area contributed by atoms with Gasteiger partial charge in [-0.3, -0.25) is 0 Å². The second-order valence-electron chi connectivity index (χ2n) is 1.09. The highest BCUT2D eigenvalue weighted by Crippen LogP contribution is 1.89. The molecule has 0 rings (SSSR count). The fourth-order valence-electron chi connectivity index (χ4n) is 0.131. The Bertz CT molecular complexity index is 110. The Morgan fingerprint density at radius 1 is 1.86 bits per heavy atom. The van der Waals surface area contributed by atoms with Crippen LogP contribution in [0.2, 0.25) is 0 Å². The molecule has 0 aromatic carbocycles. The summed E-state index contributed by atoms with van der Waals surface area (Å²) in [6.07, 6.45) is 3.28. The smallest absolute Gasteiger partial charge is 0.291 e. The van der Waals surface area contributed by atoms with Crippen molar-refractivity contribution >= 4 is 0 Å². The third-order valence-corrected chi connectivity index (χ3v) is 0.613. The SMILES string of the molecule is C/C=C(\C)OC#N. The van der Waals surface area contributed by atoms with Crippen molar-refractivity contribution in [3.8, 4) is 6.26 Å². The minimum absolute atomic E-state index is 0.641. The minimum atomic E-state index is 0.641. The highest BCUT2D eigenvalue weighted by molar-refractivity contribution is 4.86. The molecule has 7 heavy (non-hydrogen) atoms. The maximum Gasteiger partial charge on any atom is 0.291 e. The minimum Gasteiger partial charge on any atom is -0.393 e. The molecule has 0 aromatic heterocycles. The Kier molecular flexibility index (Phi) is 2.78. The standard InChI is InChI=1S/C5H7NO/c1-3-5(2)7-4-6/h3H,1-2H3/b5-3+. The predicted octanol–water partition coefficient (Wildman–Crippen LogP) is 1.41. The monoisotopic (exact) mass is 97.1 g/mol. The van der Waals surface area contributed by atoms with E-state index in [0.29, 0.717) is 5.76 Å². The van der Waals surface area contributed by atoms with Crippen LogP contribution in [0.1, 0.15) is 13.8 Å². The molecule has 0 bridgehead atoms. The van der Waals surface area contributed by atoms with Crippen LogP contribution in [-0.4, -0.2) is 0 Å². The third-order valence-electron chi connectivity index (χ3n) is 0.613. The summed E-state index contributed by atoms with van der Waals surface area (Å²) in [5.41, 5.74) is 0. The summed E-state index contributed by atoms with van der Waals surface area (Å²) in [5, 5.41) is 7.85. The van der Waals surface area contributed by atoms with Crippen molar-refractivity contribution in [2.45, 2.75) is 13.8 Å². The first-order valence-electron chi connectivity index (χ1n) is 2.00.